The molecule has 1 aliphatic heterocycles. The number of amides is 3. The first-order chi connectivity index (χ1) is 13.3. The number of hydrogen-bond donors (Lipinski definition) is 2. The summed E-state index contributed by atoms with van der Waals surface area (Å²) in [6, 6.07) is 8.51. The van der Waals surface area contributed by atoms with Crippen molar-refractivity contribution in [1.82, 2.24) is 15.5 Å². The predicted octanol–water partition coefficient (Wildman–Crippen LogP) is 0.877. The quantitative estimate of drug-likeness (QED) is 0.676. The van der Waals surface area contributed by atoms with Crippen LogP contribution in [0.3, 0.4) is 0 Å². The zero-order valence-corrected chi connectivity index (χ0v) is 16.3. The van der Waals surface area contributed by atoms with Crippen molar-refractivity contribution in [2.75, 3.05) is 13.2 Å². The monoisotopic (exact) mass is 387 g/mol. The lowest BCUT2D eigenvalue weighted by Gasteiger charge is -2.34. The van der Waals surface area contributed by atoms with E-state index in [1.807, 2.05) is 30.3 Å². The van der Waals surface area contributed by atoms with Crippen LogP contribution in [0.25, 0.3) is 0 Å². The Morgan fingerprint density at radius 1 is 1.21 bits per heavy atom. The fourth-order valence-corrected chi connectivity index (χ4v) is 3.00. The largest absolute Gasteiger partial charge is 0.465 e. The Hall–Kier alpha value is -3.16. The van der Waals surface area contributed by atoms with E-state index < -0.39 is 17.9 Å². The highest BCUT2D eigenvalue weighted by Crippen LogP contribution is 2.25. The first-order valence-electron chi connectivity index (χ1n) is 9.09. The van der Waals surface area contributed by atoms with Gasteiger partial charge in [-0.3, -0.25) is 19.2 Å². The first kappa shape index (κ1) is 21.1. The normalized spacial score (nSPS) is 16.6. The minimum atomic E-state index is -0.840. The van der Waals surface area contributed by atoms with Crippen LogP contribution in [-0.2, 0) is 30.5 Å². The summed E-state index contributed by atoms with van der Waals surface area (Å²) in [6.07, 6.45) is 0.0597. The van der Waals surface area contributed by atoms with Gasteiger partial charge in [-0.1, -0.05) is 30.3 Å². The molecule has 0 spiro atoms. The molecule has 1 aliphatic rings. The van der Waals surface area contributed by atoms with Gasteiger partial charge in [-0.25, -0.2) is 0 Å². The number of carbonyl (C=O) groups excluding carboxylic acids is 4. The smallest absolute Gasteiger partial charge is 0.325 e. The van der Waals surface area contributed by atoms with Gasteiger partial charge < -0.3 is 20.3 Å². The third-order valence-electron chi connectivity index (χ3n) is 4.35. The summed E-state index contributed by atoms with van der Waals surface area (Å²) in [5, 5.41) is 5.12. The molecule has 28 heavy (non-hydrogen) atoms. The zero-order chi connectivity index (χ0) is 20.7. The van der Waals surface area contributed by atoms with Gasteiger partial charge in [-0.05, 0) is 19.4 Å². The summed E-state index contributed by atoms with van der Waals surface area (Å²) in [5.41, 5.74) is 1.74. The number of hydrogen-bond acceptors (Lipinski definition) is 5. The maximum absolute atomic E-state index is 12.9. The molecule has 1 unspecified atom stereocenters. The second-order valence-corrected chi connectivity index (χ2v) is 6.42. The van der Waals surface area contributed by atoms with Crippen molar-refractivity contribution in [3.8, 4) is 0 Å². The van der Waals surface area contributed by atoms with Gasteiger partial charge in [-0.15, -0.1) is 0 Å². The SMILES string of the molecule is CCOC(=O)CNC(=O)C1=C(C)N(Cc2ccccc2)C(=O)C(NC(C)=O)C1. The molecule has 2 N–H and O–H groups in total. The van der Waals surface area contributed by atoms with E-state index >= 15 is 0 Å². The molecule has 0 fully saturated rings. The van der Waals surface area contributed by atoms with Crippen LogP contribution in [0.5, 0.6) is 0 Å². The standard InChI is InChI=1S/C20H25N3O5/c1-4-28-18(25)11-21-19(26)16-10-17(22-14(3)24)20(27)23(13(16)2)12-15-8-6-5-7-9-15/h5-9,17H,4,10-12H2,1-3H3,(H,21,26)(H,22,24). The van der Waals surface area contributed by atoms with Gasteiger partial charge in [0.05, 0.1) is 13.2 Å². The summed E-state index contributed by atoms with van der Waals surface area (Å²) in [6.45, 7) is 4.92. The highest BCUT2D eigenvalue weighted by molar-refractivity contribution is 6.00. The number of benzene rings is 1. The molecule has 0 bridgehead atoms. The van der Waals surface area contributed by atoms with Crippen molar-refractivity contribution in [1.29, 1.82) is 0 Å². The van der Waals surface area contributed by atoms with E-state index in [1.54, 1.807) is 13.8 Å². The van der Waals surface area contributed by atoms with Gasteiger partial charge in [0.15, 0.2) is 0 Å². The van der Waals surface area contributed by atoms with Crippen molar-refractivity contribution in [3.05, 3.63) is 47.2 Å². The second kappa shape index (κ2) is 9.68. The molecule has 1 aromatic rings. The summed E-state index contributed by atoms with van der Waals surface area (Å²) in [4.78, 5) is 50.0. The average Bonchev–Trinajstić information content (AvgIpc) is 2.66. The second-order valence-electron chi connectivity index (χ2n) is 6.42. The fraction of sp³-hybridized carbons (Fsp3) is 0.400. The maximum Gasteiger partial charge on any atom is 0.325 e. The molecule has 8 nitrogen and oxygen atoms in total. The molecule has 0 aromatic heterocycles. The molecule has 150 valence electrons. The van der Waals surface area contributed by atoms with E-state index in [4.69, 9.17) is 4.74 Å². The summed E-state index contributed by atoms with van der Waals surface area (Å²) in [7, 11) is 0. The molecule has 1 aromatic carbocycles. The van der Waals surface area contributed by atoms with Gasteiger partial charge in [0.25, 0.3) is 0 Å². The predicted molar refractivity (Wildman–Crippen MR) is 102 cm³/mol. The maximum atomic E-state index is 12.9. The number of nitrogens with one attached hydrogen (secondary N) is 2. The molecule has 1 heterocycles. The van der Waals surface area contributed by atoms with E-state index in [0.717, 1.165) is 5.56 Å². The Bertz CT molecular complexity index is 788. The molecule has 3 amide bonds. The van der Waals surface area contributed by atoms with Crippen LogP contribution < -0.4 is 10.6 Å². The van der Waals surface area contributed by atoms with E-state index in [0.29, 0.717) is 11.3 Å². The van der Waals surface area contributed by atoms with Crippen LogP contribution in [0.4, 0.5) is 0 Å². The third kappa shape index (κ3) is 5.42. The number of nitrogens with zero attached hydrogens (tertiary/aromatic N) is 1. The van der Waals surface area contributed by atoms with Crippen molar-refractivity contribution < 1.29 is 23.9 Å². The first-order valence-corrected chi connectivity index (χ1v) is 9.09. The fourth-order valence-electron chi connectivity index (χ4n) is 3.00. The average molecular weight is 387 g/mol. The van der Waals surface area contributed by atoms with Gasteiger partial charge in [0, 0.05) is 24.6 Å². The number of esters is 1. The molecule has 2 rings (SSSR count). The topological polar surface area (TPSA) is 105 Å². The molecule has 0 aliphatic carbocycles. The van der Waals surface area contributed by atoms with Crippen molar-refractivity contribution >= 4 is 23.7 Å². The number of rotatable bonds is 7. The number of ether oxygens (including phenoxy) is 1. The lowest BCUT2D eigenvalue weighted by atomic mass is 9.96. The summed E-state index contributed by atoms with van der Waals surface area (Å²) >= 11 is 0. The minimum absolute atomic E-state index is 0.0597. The molecule has 1 atom stereocenters. The zero-order valence-electron chi connectivity index (χ0n) is 16.3. The van der Waals surface area contributed by atoms with Crippen LogP contribution in [-0.4, -0.2) is 47.8 Å². The Labute approximate surface area is 163 Å². The van der Waals surface area contributed by atoms with Gasteiger partial charge in [0.2, 0.25) is 17.7 Å². The molecule has 0 saturated carbocycles. The van der Waals surface area contributed by atoms with Crippen LogP contribution in [0.15, 0.2) is 41.6 Å². The summed E-state index contributed by atoms with van der Waals surface area (Å²) in [5.74, 6) is -1.64. The Kier molecular flexibility index (Phi) is 7.31. The van der Waals surface area contributed by atoms with E-state index in [2.05, 4.69) is 10.6 Å². The van der Waals surface area contributed by atoms with Gasteiger partial charge >= 0.3 is 5.97 Å². The van der Waals surface area contributed by atoms with Crippen LogP contribution in [0, 0.1) is 0 Å². The highest BCUT2D eigenvalue weighted by atomic mass is 16.5. The Morgan fingerprint density at radius 2 is 1.89 bits per heavy atom. The van der Waals surface area contributed by atoms with Crippen LogP contribution >= 0.6 is 0 Å². The lowest BCUT2D eigenvalue weighted by molar-refractivity contribution is -0.143. The third-order valence-corrected chi connectivity index (χ3v) is 4.35. The van der Waals surface area contributed by atoms with E-state index in [9.17, 15) is 19.2 Å². The van der Waals surface area contributed by atoms with Gasteiger partial charge in [-0.2, -0.15) is 0 Å². The van der Waals surface area contributed by atoms with Crippen molar-refractivity contribution in [2.45, 2.75) is 39.8 Å². The number of allylic oxidation sites excluding steroid dienone is 1. The highest BCUT2D eigenvalue weighted by Gasteiger charge is 2.35. The van der Waals surface area contributed by atoms with E-state index in [-0.39, 0.29) is 37.9 Å². The van der Waals surface area contributed by atoms with Crippen molar-refractivity contribution in [2.24, 2.45) is 0 Å². The number of carbonyl (C=O) groups is 4. The van der Waals surface area contributed by atoms with Crippen LogP contribution in [0.2, 0.25) is 0 Å². The summed E-state index contributed by atoms with van der Waals surface area (Å²) < 4.78 is 4.81. The molecular weight excluding hydrogens is 362 g/mol. The molecule has 8 heteroatoms. The lowest BCUT2D eigenvalue weighted by Crippen LogP contribution is -2.52. The van der Waals surface area contributed by atoms with E-state index in [1.165, 1.54) is 11.8 Å². The minimum Gasteiger partial charge on any atom is -0.465 e. The molecule has 0 saturated heterocycles. The Balaban J connectivity index is 2.26. The van der Waals surface area contributed by atoms with Crippen LogP contribution in [0.1, 0.15) is 32.8 Å². The van der Waals surface area contributed by atoms with Crippen molar-refractivity contribution in [3.63, 3.8) is 0 Å². The molecule has 0 radical (unpaired) electrons. The Morgan fingerprint density at radius 3 is 2.50 bits per heavy atom. The van der Waals surface area contributed by atoms with Gasteiger partial charge in [0.1, 0.15) is 12.6 Å². The molecular formula is C20H25N3O5.